The van der Waals surface area contributed by atoms with E-state index in [-0.39, 0.29) is 6.04 Å². The van der Waals surface area contributed by atoms with E-state index in [2.05, 4.69) is 10.0 Å². The Labute approximate surface area is 136 Å². The zero-order valence-electron chi connectivity index (χ0n) is 12.7. The van der Waals surface area contributed by atoms with Crippen LogP contribution in [0.3, 0.4) is 0 Å². The van der Waals surface area contributed by atoms with Crippen LogP contribution in [-0.2, 0) is 10.0 Å². The zero-order chi connectivity index (χ0) is 16.3. The summed E-state index contributed by atoms with van der Waals surface area (Å²) < 4.78 is 25.3. The molecule has 2 aromatic rings. The van der Waals surface area contributed by atoms with Crippen LogP contribution in [0.15, 0.2) is 42.5 Å². The van der Waals surface area contributed by atoms with Crippen molar-refractivity contribution in [2.45, 2.75) is 19.9 Å². The van der Waals surface area contributed by atoms with E-state index < -0.39 is 10.0 Å². The fourth-order valence-electron chi connectivity index (χ4n) is 2.11. The number of hydrogen-bond acceptors (Lipinski definition) is 3. The molecule has 2 N–H and O–H groups in total. The topological polar surface area (TPSA) is 58.2 Å². The molecular formula is C16H19ClN2O2S. The average Bonchev–Trinajstić information content (AvgIpc) is 2.41. The van der Waals surface area contributed by atoms with Crippen LogP contribution in [-0.4, -0.2) is 14.7 Å². The second kappa shape index (κ2) is 6.58. The molecule has 1 atom stereocenters. The third kappa shape index (κ3) is 4.64. The van der Waals surface area contributed by atoms with Crippen LogP contribution >= 0.6 is 11.6 Å². The summed E-state index contributed by atoms with van der Waals surface area (Å²) in [5, 5.41) is 4.05. The first-order chi connectivity index (χ1) is 10.2. The maximum Gasteiger partial charge on any atom is 0.229 e. The van der Waals surface area contributed by atoms with E-state index in [4.69, 9.17) is 11.6 Å². The van der Waals surface area contributed by atoms with E-state index in [0.717, 1.165) is 23.1 Å². The molecule has 4 nitrogen and oxygen atoms in total. The lowest BCUT2D eigenvalue weighted by Gasteiger charge is -2.17. The molecule has 0 aliphatic heterocycles. The lowest BCUT2D eigenvalue weighted by Crippen LogP contribution is -2.11. The van der Waals surface area contributed by atoms with Gasteiger partial charge < -0.3 is 5.32 Å². The van der Waals surface area contributed by atoms with Crippen LogP contribution in [0.2, 0.25) is 5.02 Å². The van der Waals surface area contributed by atoms with Gasteiger partial charge in [-0.1, -0.05) is 29.8 Å². The van der Waals surface area contributed by atoms with Crippen molar-refractivity contribution in [1.29, 1.82) is 0 Å². The van der Waals surface area contributed by atoms with Crippen molar-refractivity contribution < 1.29 is 8.42 Å². The SMILES string of the molecule is Cc1ccc(NC(C)c2ccc(Cl)cc2)cc1NS(C)(=O)=O. The van der Waals surface area contributed by atoms with Gasteiger partial charge in [-0.25, -0.2) is 8.42 Å². The fraction of sp³-hybridized carbons (Fsp3) is 0.250. The molecule has 6 heteroatoms. The Hall–Kier alpha value is -1.72. The molecule has 0 aliphatic rings. The Morgan fingerprint density at radius 1 is 1.09 bits per heavy atom. The van der Waals surface area contributed by atoms with Gasteiger partial charge in [0.25, 0.3) is 0 Å². The molecule has 0 spiro atoms. The van der Waals surface area contributed by atoms with Crippen LogP contribution in [0.25, 0.3) is 0 Å². The van der Waals surface area contributed by atoms with Crippen molar-refractivity contribution in [3.63, 3.8) is 0 Å². The van der Waals surface area contributed by atoms with Crippen LogP contribution in [0.1, 0.15) is 24.1 Å². The third-order valence-corrected chi connectivity index (χ3v) is 4.13. The summed E-state index contributed by atoms with van der Waals surface area (Å²) in [6.45, 7) is 3.90. The molecule has 0 radical (unpaired) electrons. The molecule has 0 amide bonds. The quantitative estimate of drug-likeness (QED) is 0.859. The van der Waals surface area contributed by atoms with Gasteiger partial charge in [0, 0.05) is 16.8 Å². The molecule has 0 aromatic heterocycles. The Morgan fingerprint density at radius 2 is 1.73 bits per heavy atom. The summed E-state index contributed by atoms with van der Waals surface area (Å²) in [6, 6.07) is 13.3. The minimum atomic E-state index is -3.29. The zero-order valence-corrected chi connectivity index (χ0v) is 14.3. The molecule has 0 bridgehead atoms. The molecule has 2 aromatic carbocycles. The standard InChI is InChI=1S/C16H19ClN2O2S/c1-11-4-9-15(10-16(11)19-22(3,20)21)18-12(2)13-5-7-14(17)8-6-13/h4-10,12,18-19H,1-3H3. The maximum atomic E-state index is 11.4. The highest BCUT2D eigenvalue weighted by atomic mass is 35.5. The number of benzene rings is 2. The smallest absolute Gasteiger partial charge is 0.229 e. The molecule has 0 heterocycles. The van der Waals surface area contributed by atoms with Crippen LogP contribution in [0, 0.1) is 6.92 Å². The first-order valence-electron chi connectivity index (χ1n) is 6.85. The highest BCUT2D eigenvalue weighted by Gasteiger charge is 2.09. The first kappa shape index (κ1) is 16.6. The number of rotatable bonds is 5. The summed E-state index contributed by atoms with van der Waals surface area (Å²) in [5.41, 5.74) is 3.40. The maximum absolute atomic E-state index is 11.4. The minimum absolute atomic E-state index is 0.0751. The first-order valence-corrected chi connectivity index (χ1v) is 9.12. The van der Waals surface area contributed by atoms with Gasteiger partial charge in [-0.2, -0.15) is 0 Å². The van der Waals surface area contributed by atoms with Gasteiger partial charge in [0.15, 0.2) is 0 Å². The Balaban J connectivity index is 2.19. The summed E-state index contributed by atoms with van der Waals surface area (Å²) in [4.78, 5) is 0. The van der Waals surface area contributed by atoms with Gasteiger partial charge >= 0.3 is 0 Å². The highest BCUT2D eigenvalue weighted by Crippen LogP contribution is 2.25. The molecule has 0 aliphatic carbocycles. The molecule has 2 rings (SSSR count). The van der Waals surface area contributed by atoms with Crippen molar-refractivity contribution in [1.82, 2.24) is 0 Å². The van der Waals surface area contributed by atoms with Crippen molar-refractivity contribution in [2.75, 3.05) is 16.3 Å². The van der Waals surface area contributed by atoms with E-state index in [1.807, 2.05) is 50.2 Å². The summed E-state index contributed by atoms with van der Waals surface area (Å²) in [7, 11) is -3.29. The molecular weight excluding hydrogens is 320 g/mol. The van der Waals surface area contributed by atoms with Gasteiger partial charge in [-0.3, -0.25) is 4.72 Å². The monoisotopic (exact) mass is 338 g/mol. The number of sulfonamides is 1. The lowest BCUT2D eigenvalue weighted by atomic mass is 10.1. The molecule has 118 valence electrons. The lowest BCUT2D eigenvalue weighted by molar-refractivity contribution is 0.607. The second-order valence-electron chi connectivity index (χ2n) is 5.32. The minimum Gasteiger partial charge on any atom is -0.378 e. The summed E-state index contributed by atoms with van der Waals surface area (Å²) in [5.74, 6) is 0. The molecule has 0 saturated heterocycles. The predicted octanol–water partition coefficient (Wildman–Crippen LogP) is 4.19. The van der Waals surface area contributed by atoms with Crippen LogP contribution in [0.5, 0.6) is 0 Å². The van der Waals surface area contributed by atoms with Gasteiger partial charge in [-0.15, -0.1) is 0 Å². The molecule has 22 heavy (non-hydrogen) atoms. The number of anilines is 2. The molecule has 0 saturated carbocycles. The second-order valence-corrected chi connectivity index (χ2v) is 7.51. The number of halogens is 1. The van der Waals surface area contributed by atoms with E-state index in [1.54, 1.807) is 6.07 Å². The van der Waals surface area contributed by atoms with Crippen molar-refractivity contribution >= 4 is 33.0 Å². The van der Waals surface area contributed by atoms with Gasteiger partial charge in [-0.05, 0) is 49.2 Å². The van der Waals surface area contributed by atoms with Crippen molar-refractivity contribution in [3.8, 4) is 0 Å². The summed E-state index contributed by atoms with van der Waals surface area (Å²) >= 11 is 5.89. The van der Waals surface area contributed by atoms with E-state index in [1.165, 1.54) is 0 Å². The number of hydrogen-bond donors (Lipinski definition) is 2. The van der Waals surface area contributed by atoms with Crippen LogP contribution in [0.4, 0.5) is 11.4 Å². The Kier molecular flexibility index (Phi) is 4.98. The average molecular weight is 339 g/mol. The predicted molar refractivity (Wildman–Crippen MR) is 93.1 cm³/mol. The normalized spacial score (nSPS) is 12.7. The molecule has 1 unspecified atom stereocenters. The Morgan fingerprint density at radius 3 is 2.32 bits per heavy atom. The summed E-state index contributed by atoms with van der Waals surface area (Å²) in [6.07, 6.45) is 1.14. The largest absolute Gasteiger partial charge is 0.378 e. The van der Waals surface area contributed by atoms with Gasteiger partial charge in [0.2, 0.25) is 10.0 Å². The van der Waals surface area contributed by atoms with Gasteiger partial charge in [0.1, 0.15) is 0 Å². The highest BCUT2D eigenvalue weighted by molar-refractivity contribution is 7.92. The Bertz CT molecular complexity index is 758. The fourth-order valence-corrected chi connectivity index (χ4v) is 2.85. The number of aryl methyl sites for hydroxylation is 1. The van der Waals surface area contributed by atoms with E-state index >= 15 is 0 Å². The molecule has 0 fully saturated rings. The van der Waals surface area contributed by atoms with E-state index in [9.17, 15) is 8.42 Å². The van der Waals surface area contributed by atoms with Crippen LogP contribution < -0.4 is 10.0 Å². The van der Waals surface area contributed by atoms with Crippen molar-refractivity contribution in [3.05, 3.63) is 58.6 Å². The number of nitrogens with one attached hydrogen (secondary N) is 2. The third-order valence-electron chi connectivity index (χ3n) is 3.29. The van der Waals surface area contributed by atoms with E-state index in [0.29, 0.717) is 10.7 Å². The van der Waals surface area contributed by atoms with Gasteiger partial charge in [0.05, 0.1) is 11.9 Å². The van der Waals surface area contributed by atoms with Crippen molar-refractivity contribution in [2.24, 2.45) is 0 Å².